The zero-order valence-electron chi connectivity index (χ0n) is 16.2. The molecule has 0 saturated carbocycles. The molecular formula is C19H23BrIN7O. The molecule has 0 radical (unpaired) electrons. The number of halogens is 2. The van der Waals surface area contributed by atoms with E-state index in [4.69, 9.17) is 0 Å². The van der Waals surface area contributed by atoms with Gasteiger partial charge in [0.1, 0.15) is 0 Å². The van der Waals surface area contributed by atoms with Gasteiger partial charge in [-0.3, -0.25) is 9.20 Å². The summed E-state index contributed by atoms with van der Waals surface area (Å²) < 4.78 is 2.93. The molecule has 2 aromatic heterocycles. The molecular weight excluding hydrogens is 549 g/mol. The zero-order valence-corrected chi connectivity index (χ0v) is 20.1. The molecule has 0 spiro atoms. The van der Waals surface area contributed by atoms with E-state index in [2.05, 4.69) is 41.8 Å². The molecule has 0 aliphatic heterocycles. The van der Waals surface area contributed by atoms with Gasteiger partial charge in [-0.15, -0.1) is 34.2 Å². The van der Waals surface area contributed by atoms with E-state index in [-0.39, 0.29) is 36.4 Å². The van der Waals surface area contributed by atoms with Gasteiger partial charge in [0.2, 0.25) is 5.91 Å². The quantitative estimate of drug-likeness (QED) is 0.270. The van der Waals surface area contributed by atoms with Crippen LogP contribution in [-0.2, 0) is 17.9 Å². The van der Waals surface area contributed by atoms with Gasteiger partial charge < -0.3 is 15.5 Å². The van der Waals surface area contributed by atoms with Crippen LogP contribution in [0, 0.1) is 0 Å². The number of pyridine rings is 1. The maximum atomic E-state index is 11.9. The number of carbonyl (C=O) groups excluding carboxylic acids is 1. The maximum absolute atomic E-state index is 11.9. The van der Waals surface area contributed by atoms with Crippen LogP contribution in [0.2, 0.25) is 0 Å². The Bertz CT molecular complexity index is 972. The molecule has 0 aliphatic carbocycles. The molecule has 0 bridgehead atoms. The van der Waals surface area contributed by atoms with Crippen LogP contribution in [0.15, 0.2) is 58.1 Å². The minimum atomic E-state index is -0.0360. The summed E-state index contributed by atoms with van der Waals surface area (Å²) in [6.07, 6.45) is 1.91. The van der Waals surface area contributed by atoms with Crippen LogP contribution < -0.4 is 10.6 Å². The van der Waals surface area contributed by atoms with E-state index in [0.29, 0.717) is 19.0 Å². The summed E-state index contributed by atoms with van der Waals surface area (Å²) in [5.41, 5.74) is 1.85. The smallest absolute Gasteiger partial charge is 0.241 e. The summed E-state index contributed by atoms with van der Waals surface area (Å²) in [5.74, 6) is 1.25. The van der Waals surface area contributed by atoms with Gasteiger partial charge in [-0.25, -0.2) is 4.99 Å². The lowest BCUT2D eigenvalue weighted by atomic mass is 10.2. The van der Waals surface area contributed by atoms with Gasteiger partial charge in [0.25, 0.3) is 0 Å². The average molecular weight is 572 g/mol. The Balaban J connectivity index is 0.00000300. The zero-order chi connectivity index (χ0) is 19.9. The van der Waals surface area contributed by atoms with Crippen LogP contribution in [0.4, 0.5) is 0 Å². The molecule has 8 nitrogen and oxygen atoms in total. The van der Waals surface area contributed by atoms with E-state index in [1.807, 2.05) is 53.1 Å². The van der Waals surface area contributed by atoms with E-state index < -0.39 is 0 Å². The van der Waals surface area contributed by atoms with Crippen LogP contribution in [0.1, 0.15) is 11.4 Å². The minimum Gasteiger partial charge on any atom is -0.349 e. The highest BCUT2D eigenvalue weighted by Crippen LogP contribution is 2.11. The molecule has 10 heteroatoms. The molecule has 0 unspecified atom stereocenters. The second-order valence-corrected chi connectivity index (χ2v) is 7.25. The third-order valence-electron chi connectivity index (χ3n) is 4.04. The molecule has 154 valence electrons. The Morgan fingerprint density at radius 1 is 1.14 bits per heavy atom. The lowest BCUT2D eigenvalue weighted by molar-refractivity contribution is -0.127. The fourth-order valence-corrected chi connectivity index (χ4v) is 2.69. The van der Waals surface area contributed by atoms with Gasteiger partial charge in [0, 0.05) is 24.8 Å². The number of hydrogen-bond acceptors (Lipinski definition) is 4. The molecule has 2 heterocycles. The minimum absolute atomic E-state index is 0. The molecule has 2 N–H and O–H groups in total. The largest absolute Gasteiger partial charge is 0.349 e. The third kappa shape index (κ3) is 6.67. The molecule has 0 aliphatic rings. The Morgan fingerprint density at radius 3 is 2.62 bits per heavy atom. The van der Waals surface area contributed by atoms with Gasteiger partial charge in [-0.1, -0.05) is 34.1 Å². The summed E-state index contributed by atoms with van der Waals surface area (Å²) in [6, 6.07) is 13.7. The van der Waals surface area contributed by atoms with Crippen molar-refractivity contribution >= 4 is 57.4 Å². The van der Waals surface area contributed by atoms with Crippen molar-refractivity contribution < 1.29 is 4.79 Å². The topological polar surface area (TPSA) is 86.9 Å². The monoisotopic (exact) mass is 571 g/mol. The first-order valence-electron chi connectivity index (χ1n) is 8.78. The number of hydrogen-bond donors (Lipinski definition) is 2. The average Bonchev–Trinajstić information content (AvgIpc) is 3.11. The molecule has 1 amide bonds. The van der Waals surface area contributed by atoms with Crippen molar-refractivity contribution in [2.24, 2.45) is 4.99 Å². The summed E-state index contributed by atoms with van der Waals surface area (Å²) in [4.78, 5) is 18.0. The first-order chi connectivity index (χ1) is 13.5. The first kappa shape index (κ1) is 23.1. The number of benzene rings is 1. The highest BCUT2D eigenvalue weighted by molar-refractivity contribution is 14.0. The van der Waals surface area contributed by atoms with Crippen LogP contribution in [0.25, 0.3) is 5.65 Å². The first-order valence-corrected chi connectivity index (χ1v) is 9.57. The second kappa shape index (κ2) is 11.1. The van der Waals surface area contributed by atoms with Crippen LogP contribution in [0.3, 0.4) is 0 Å². The Kier molecular flexibility index (Phi) is 8.83. The highest BCUT2D eigenvalue weighted by atomic mass is 127. The Labute approximate surface area is 194 Å². The van der Waals surface area contributed by atoms with E-state index >= 15 is 0 Å². The van der Waals surface area contributed by atoms with Gasteiger partial charge in [-0.2, -0.15) is 0 Å². The van der Waals surface area contributed by atoms with Crippen LogP contribution in [0.5, 0.6) is 0 Å². The number of aromatic nitrogens is 3. The van der Waals surface area contributed by atoms with Crippen molar-refractivity contribution in [2.45, 2.75) is 13.1 Å². The van der Waals surface area contributed by atoms with E-state index in [0.717, 1.165) is 21.5 Å². The van der Waals surface area contributed by atoms with Crippen LogP contribution >= 0.6 is 39.9 Å². The molecule has 0 fully saturated rings. The van der Waals surface area contributed by atoms with Crippen molar-refractivity contribution in [3.05, 3.63) is 64.5 Å². The SMILES string of the molecule is CN(C)C(=O)CNC(=NCc1ccc(Br)cc1)NCc1nnc2ccccn12.I. The molecule has 29 heavy (non-hydrogen) atoms. The number of aliphatic imine (C=N–C) groups is 1. The molecule has 1 aromatic carbocycles. The van der Waals surface area contributed by atoms with Gasteiger partial charge >= 0.3 is 0 Å². The maximum Gasteiger partial charge on any atom is 0.241 e. The summed E-state index contributed by atoms with van der Waals surface area (Å²) in [6.45, 7) is 1.06. The normalized spacial score (nSPS) is 11.1. The van der Waals surface area contributed by atoms with Crippen molar-refractivity contribution in [3.8, 4) is 0 Å². The molecule has 3 rings (SSSR count). The Hall–Kier alpha value is -2.21. The van der Waals surface area contributed by atoms with Gasteiger partial charge in [0.15, 0.2) is 17.4 Å². The fraction of sp³-hybridized carbons (Fsp3) is 0.263. The summed E-state index contributed by atoms with van der Waals surface area (Å²) in [7, 11) is 3.44. The number of likely N-dealkylation sites (N-methyl/N-ethyl adjacent to an activating group) is 1. The van der Waals surface area contributed by atoms with Gasteiger partial charge in [0.05, 0.1) is 19.6 Å². The second-order valence-electron chi connectivity index (χ2n) is 6.33. The third-order valence-corrected chi connectivity index (χ3v) is 4.57. The summed E-state index contributed by atoms with van der Waals surface area (Å²) in [5, 5.41) is 14.6. The van der Waals surface area contributed by atoms with Crippen molar-refractivity contribution in [2.75, 3.05) is 20.6 Å². The van der Waals surface area contributed by atoms with Crippen molar-refractivity contribution in [1.29, 1.82) is 0 Å². The van der Waals surface area contributed by atoms with E-state index in [1.54, 1.807) is 14.1 Å². The number of guanidine groups is 1. The number of nitrogens with zero attached hydrogens (tertiary/aromatic N) is 5. The number of nitrogens with one attached hydrogen (secondary N) is 2. The number of carbonyl (C=O) groups is 1. The predicted molar refractivity (Wildman–Crippen MR) is 127 cm³/mol. The fourth-order valence-electron chi connectivity index (χ4n) is 2.43. The molecule has 0 atom stereocenters. The standard InChI is InChI=1S/C19H22BrN7O.HI/c1-26(2)18(28)13-23-19(21-11-14-6-8-15(20)9-7-14)22-12-17-25-24-16-5-3-4-10-27(16)17;/h3-10H,11-13H2,1-2H3,(H2,21,22,23);1H. The van der Waals surface area contributed by atoms with Crippen molar-refractivity contribution in [1.82, 2.24) is 30.1 Å². The number of fused-ring (bicyclic) bond motifs is 1. The number of rotatable bonds is 6. The van der Waals surface area contributed by atoms with Crippen LogP contribution in [-0.4, -0.2) is 52.0 Å². The molecule has 3 aromatic rings. The predicted octanol–water partition coefficient (Wildman–Crippen LogP) is 2.43. The number of amides is 1. The van der Waals surface area contributed by atoms with E-state index in [9.17, 15) is 4.79 Å². The lowest BCUT2D eigenvalue weighted by Gasteiger charge is -2.14. The van der Waals surface area contributed by atoms with Gasteiger partial charge in [-0.05, 0) is 29.8 Å². The van der Waals surface area contributed by atoms with E-state index in [1.165, 1.54) is 4.90 Å². The lowest BCUT2D eigenvalue weighted by Crippen LogP contribution is -2.42. The Morgan fingerprint density at radius 2 is 1.90 bits per heavy atom. The highest BCUT2D eigenvalue weighted by Gasteiger charge is 2.08. The van der Waals surface area contributed by atoms with Crippen molar-refractivity contribution in [3.63, 3.8) is 0 Å². The molecule has 0 saturated heterocycles. The summed E-state index contributed by atoms with van der Waals surface area (Å²) >= 11 is 3.43.